The molecular formula is C22H29N5O4S. The van der Waals surface area contributed by atoms with E-state index in [4.69, 9.17) is 9.47 Å². The number of nitrogens with zero attached hydrogens (tertiary/aromatic N) is 4. The first kappa shape index (κ1) is 22.4. The van der Waals surface area contributed by atoms with Gasteiger partial charge in [-0.05, 0) is 44.4 Å². The Morgan fingerprint density at radius 1 is 1.22 bits per heavy atom. The van der Waals surface area contributed by atoms with E-state index in [1.54, 1.807) is 0 Å². The summed E-state index contributed by atoms with van der Waals surface area (Å²) >= 11 is 1.35. The van der Waals surface area contributed by atoms with Gasteiger partial charge in [0.15, 0.2) is 22.5 Å². The molecule has 2 amide bonds. The van der Waals surface area contributed by atoms with Crippen LogP contribution in [0.15, 0.2) is 23.4 Å². The minimum atomic E-state index is -0.161. The molecule has 1 aromatic carbocycles. The summed E-state index contributed by atoms with van der Waals surface area (Å²) in [4.78, 5) is 26.7. The second-order valence-corrected chi connectivity index (χ2v) is 8.90. The molecule has 1 saturated heterocycles. The smallest absolute Gasteiger partial charge is 0.231 e. The van der Waals surface area contributed by atoms with Crippen molar-refractivity contribution in [2.24, 2.45) is 0 Å². The van der Waals surface area contributed by atoms with Gasteiger partial charge in [0.2, 0.25) is 18.6 Å². The SMILES string of the molecule is CCn1c(CN2CCCCCC2=O)nnc1SCC(=O)NC(C)c1ccc2c(c1)OCO2. The summed E-state index contributed by atoms with van der Waals surface area (Å²) in [7, 11) is 0. The molecule has 1 aromatic heterocycles. The molecule has 172 valence electrons. The minimum Gasteiger partial charge on any atom is -0.454 e. The lowest BCUT2D eigenvalue weighted by atomic mass is 10.1. The van der Waals surface area contributed by atoms with Crippen LogP contribution in [0, 0.1) is 0 Å². The molecule has 4 rings (SSSR count). The van der Waals surface area contributed by atoms with Gasteiger partial charge in [-0.1, -0.05) is 24.2 Å². The number of carbonyl (C=O) groups is 2. The first-order chi connectivity index (χ1) is 15.5. The third-order valence-corrected chi connectivity index (χ3v) is 6.69. The second-order valence-electron chi connectivity index (χ2n) is 7.96. The molecule has 1 unspecified atom stereocenters. The van der Waals surface area contributed by atoms with Gasteiger partial charge >= 0.3 is 0 Å². The van der Waals surface area contributed by atoms with Gasteiger partial charge in [0.25, 0.3) is 0 Å². The monoisotopic (exact) mass is 459 g/mol. The summed E-state index contributed by atoms with van der Waals surface area (Å²) in [5.41, 5.74) is 0.953. The number of rotatable bonds is 8. The van der Waals surface area contributed by atoms with Gasteiger partial charge in [0.05, 0.1) is 18.3 Å². The molecule has 10 heteroatoms. The van der Waals surface area contributed by atoms with Crippen molar-refractivity contribution in [2.75, 3.05) is 19.1 Å². The van der Waals surface area contributed by atoms with Crippen LogP contribution in [0.5, 0.6) is 11.5 Å². The van der Waals surface area contributed by atoms with E-state index in [1.165, 1.54) is 11.8 Å². The van der Waals surface area contributed by atoms with Crippen molar-refractivity contribution in [3.05, 3.63) is 29.6 Å². The number of fused-ring (bicyclic) bond motifs is 1. The van der Waals surface area contributed by atoms with Crippen molar-refractivity contribution in [1.82, 2.24) is 25.0 Å². The van der Waals surface area contributed by atoms with Gasteiger partial charge in [-0.25, -0.2) is 0 Å². The molecule has 2 aliphatic rings. The third-order valence-electron chi connectivity index (χ3n) is 5.72. The summed E-state index contributed by atoms with van der Waals surface area (Å²) in [6, 6.07) is 5.52. The fraction of sp³-hybridized carbons (Fsp3) is 0.545. The van der Waals surface area contributed by atoms with Gasteiger partial charge in [-0.15, -0.1) is 10.2 Å². The van der Waals surface area contributed by atoms with Crippen LogP contribution in [0.4, 0.5) is 0 Å². The number of amides is 2. The summed E-state index contributed by atoms with van der Waals surface area (Å²) < 4.78 is 12.7. The van der Waals surface area contributed by atoms with E-state index >= 15 is 0 Å². The molecule has 1 atom stereocenters. The number of carbonyl (C=O) groups excluding carboxylic acids is 2. The van der Waals surface area contributed by atoms with Crippen LogP contribution in [0.2, 0.25) is 0 Å². The highest BCUT2D eigenvalue weighted by Crippen LogP contribution is 2.34. The van der Waals surface area contributed by atoms with Crippen molar-refractivity contribution >= 4 is 23.6 Å². The van der Waals surface area contributed by atoms with Crippen LogP contribution in [0.1, 0.15) is 57.0 Å². The van der Waals surface area contributed by atoms with Crippen LogP contribution in [-0.2, 0) is 22.7 Å². The maximum atomic E-state index is 12.5. The summed E-state index contributed by atoms with van der Waals surface area (Å²) in [5.74, 6) is 2.51. The fourth-order valence-corrected chi connectivity index (χ4v) is 4.75. The first-order valence-corrected chi connectivity index (χ1v) is 12.0. The largest absolute Gasteiger partial charge is 0.454 e. The lowest BCUT2D eigenvalue weighted by molar-refractivity contribution is -0.131. The summed E-state index contributed by atoms with van der Waals surface area (Å²) in [6.07, 6.45) is 3.67. The van der Waals surface area contributed by atoms with E-state index in [9.17, 15) is 9.59 Å². The van der Waals surface area contributed by atoms with Crippen molar-refractivity contribution in [3.63, 3.8) is 0 Å². The van der Waals surface area contributed by atoms with E-state index in [1.807, 2.05) is 41.5 Å². The van der Waals surface area contributed by atoms with E-state index in [2.05, 4.69) is 15.5 Å². The molecule has 0 spiro atoms. The molecule has 0 bridgehead atoms. The maximum absolute atomic E-state index is 12.5. The number of hydrogen-bond acceptors (Lipinski definition) is 7. The Labute approximate surface area is 191 Å². The molecule has 0 saturated carbocycles. The lowest BCUT2D eigenvalue weighted by Gasteiger charge is -2.20. The Bertz CT molecular complexity index is 979. The molecule has 2 aromatic rings. The quantitative estimate of drug-likeness (QED) is 0.606. The zero-order valence-electron chi connectivity index (χ0n) is 18.5. The van der Waals surface area contributed by atoms with Gasteiger partial charge in [-0.2, -0.15) is 0 Å². The molecular weight excluding hydrogens is 430 g/mol. The predicted molar refractivity (Wildman–Crippen MR) is 119 cm³/mol. The van der Waals surface area contributed by atoms with E-state index in [0.29, 0.717) is 30.4 Å². The first-order valence-electron chi connectivity index (χ1n) is 11.1. The molecule has 0 aliphatic carbocycles. The minimum absolute atomic E-state index is 0.0879. The highest BCUT2D eigenvalue weighted by atomic mass is 32.2. The van der Waals surface area contributed by atoms with E-state index < -0.39 is 0 Å². The topological polar surface area (TPSA) is 98.6 Å². The van der Waals surface area contributed by atoms with Crippen LogP contribution >= 0.6 is 11.8 Å². The second kappa shape index (κ2) is 10.2. The molecule has 3 heterocycles. The molecule has 9 nitrogen and oxygen atoms in total. The fourth-order valence-electron chi connectivity index (χ4n) is 3.92. The highest BCUT2D eigenvalue weighted by Gasteiger charge is 2.21. The van der Waals surface area contributed by atoms with Gasteiger partial charge in [-0.3, -0.25) is 9.59 Å². The number of nitrogens with one attached hydrogen (secondary N) is 1. The normalized spacial score (nSPS) is 16.7. The van der Waals surface area contributed by atoms with Gasteiger partial charge in [0.1, 0.15) is 0 Å². The van der Waals surface area contributed by atoms with Crippen LogP contribution < -0.4 is 14.8 Å². The standard InChI is InChI=1S/C22H29N5O4S/c1-3-27-19(12-26-10-6-4-5-7-21(26)29)24-25-22(27)32-13-20(28)23-15(2)16-8-9-17-18(11-16)31-14-30-17/h8-9,11,15H,3-7,10,12-14H2,1-2H3,(H,23,28). The van der Waals surface area contributed by atoms with Crippen LogP contribution in [0.3, 0.4) is 0 Å². The van der Waals surface area contributed by atoms with E-state index in [0.717, 1.165) is 42.9 Å². The lowest BCUT2D eigenvalue weighted by Crippen LogP contribution is -2.31. The Balaban J connectivity index is 1.33. The molecule has 1 N–H and O–H groups in total. The Morgan fingerprint density at radius 2 is 2.06 bits per heavy atom. The maximum Gasteiger partial charge on any atom is 0.231 e. The number of hydrogen-bond donors (Lipinski definition) is 1. The molecule has 0 radical (unpaired) electrons. The van der Waals surface area contributed by atoms with E-state index in [-0.39, 0.29) is 30.4 Å². The number of likely N-dealkylation sites (tertiary alicyclic amines) is 1. The van der Waals surface area contributed by atoms with Crippen molar-refractivity contribution in [1.29, 1.82) is 0 Å². The zero-order valence-corrected chi connectivity index (χ0v) is 19.3. The van der Waals surface area contributed by atoms with Crippen molar-refractivity contribution < 1.29 is 19.1 Å². The summed E-state index contributed by atoms with van der Waals surface area (Å²) in [6.45, 7) is 6.09. The number of ether oxygens (including phenoxy) is 2. The van der Waals surface area contributed by atoms with Crippen molar-refractivity contribution in [2.45, 2.75) is 63.8 Å². The van der Waals surface area contributed by atoms with Crippen LogP contribution in [-0.4, -0.2) is 50.6 Å². The van der Waals surface area contributed by atoms with Gasteiger partial charge < -0.3 is 24.3 Å². The Morgan fingerprint density at radius 3 is 2.91 bits per heavy atom. The Kier molecular flexibility index (Phi) is 7.19. The summed E-state index contributed by atoms with van der Waals surface area (Å²) in [5, 5.41) is 12.3. The average Bonchev–Trinajstić information content (AvgIpc) is 3.36. The predicted octanol–water partition coefficient (Wildman–Crippen LogP) is 2.90. The number of benzene rings is 1. The number of aromatic nitrogens is 3. The molecule has 2 aliphatic heterocycles. The van der Waals surface area contributed by atoms with Crippen LogP contribution in [0.25, 0.3) is 0 Å². The third kappa shape index (κ3) is 5.17. The highest BCUT2D eigenvalue weighted by molar-refractivity contribution is 7.99. The number of thioether (sulfide) groups is 1. The van der Waals surface area contributed by atoms with Gasteiger partial charge in [0, 0.05) is 19.5 Å². The van der Waals surface area contributed by atoms with Crippen molar-refractivity contribution in [3.8, 4) is 11.5 Å². The Hall–Kier alpha value is -2.75. The average molecular weight is 460 g/mol. The molecule has 1 fully saturated rings. The molecule has 32 heavy (non-hydrogen) atoms. The zero-order chi connectivity index (χ0) is 22.5.